The molecule has 104 valence electrons. The third kappa shape index (κ3) is 4.26. The van der Waals surface area contributed by atoms with Crippen LogP contribution in [0.4, 0.5) is 0 Å². The quantitative estimate of drug-likeness (QED) is 0.757. The zero-order chi connectivity index (χ0) is 13.9. The fraction of sp³-hybridized carbons (Fsp3) is 0.727. The standard InChI is InChI=1S/C11H19ClN2O3S/c1-8(2)6-17-7-10-11(18(12,15)16)5-14(13-10)9(3)4/h5,8-9H,6-7H2,1-4H3. The second kappa shape index (κ2) is 6.04. The van der Waals surface area contributed by atoms with Gasteiger partial charge in [0, 0.05) is 29.5 Å². The topological polar surface area (TPSA) is 61.2 Å². The average Bonchev–Trinajstić information content (AvgIpc) is 2.60. The van der Waals surface area contributed by atoms with E-state index in [0.29, 0.717) is 18.2 Å². The van der Waals surface area contributed by atoms with E-state index in [1.165, 1.54) is 6.20 Å². The van der Waals surface area contributed by atoms with Crippen molar-refractivity contribution in [3.05, 3.63) is 11.9 Å². The highest BCUT2D eigenvalue weighted by Crippen LogP contribution is 2.21. The fourth-order valence-corrected chi connectivity index (χ4v) is 2.37. The Morgan fingerprint density at radius 2 is 2.00 bits per heavy atom. The molecule has 0 aromatic carbocycles. The van der Waals surface area contributed by atoms with Crippen LogP contribution in [0.25, 0.3) is 0 Å². The fourth-order valence-electron chi connectivity index (χ4n) is 1.37. The van der Waals surface area contributed by atoms with E-state index in [1.54, 1.807) is 4.68 Å². The highest BCUT2D eigenvalue weighted by atomic mass is 35.7. The highest BCUT2D eigenvalue weighted by Gasteiger charge is 2.21. The smallest absolute Gasteiger partial charge is 0.264 e. The van der Waals surface area contributed by atoms with Gasteiger partial charge in [0.2, 0.25) is 0 Å². The summed E-state index contributed by atoms with van der Waals surface area (Å²) in [6.45, 7) is 8.57. The largest absolute Gasteiger partial charge is 0.375 e. The highest BCUT2D eigenvalue weighted by molar-refractivity contribution is 8.13. The third-order valence-electron chi connectivity index (χ3n) is 2.25. The molecule has 1 heterocycles. The minimum absolute atomic E-state index is 0.0293. The van der Waals surface area contributed by atoms with Crippen LogP contribution in [-0.2, 0) is 20.4 Å². The van der Waals surface area contributed by atoms with Crippen molar-refractivity contribution >= 4 is 19.7 Å². The van der Waals surface area contributed by atoms with Crippen LogP contribution in [0, 0.1) is 5.92 Å². The molecule has 0 saturated heterocycles. The van der Waals surface area contributed by atoms with Gasteiger partial charge in [-0.25, -0.2) is 8.42 Å². The van der Waals surface area contributed by atoms with Gasteiger partial charge < -0.3 is 4.74 Å². The molecule has 0 atom stereocenters. The van der Waals surface area contributed by atoms with E-state index < -0.39 is 9.05 Å². The van der Waals surface area contributed by atoms with Gasteiger partial charge in [0.1, 0.15) is 10.6 Å². The van der Waals surface area contributed by atoms with Gasteiger partial charge in [0.25, 0.3) is 9.05 Å². The summed E-state index contributed by atoms with van der Waals surface area (Å²) in [6, 6.07) is 0.0704. The molecule has 18 heavy (non-hydrogen) atoms. The number of hydrogen-bond acceptors (Lipinski definition) is 4. The summed E-state index contributed by atoms with van der Waals surface area (Å²) in [5.41, 5.74) is 0.361. The molecule has 1 aromatic heterocycles. The Labute approximate surface area is 113 Å². The predicted octanol–water partition coefficient (Wildman–Crippen LogP) is 2.56. The van der Waals surface area contributed by atoms with Crippen LogP contribution in [-0.4, -0.2) is 24.8 Å². The van der Waals surface area contributed by atoms with Crippen LogP contribution in [0.1, 0.15) is 39.4 Å². The molecule has 0 spiro atoms. The van der Waals surface area contributed by atoms with Crippen molar-refractivity contribution in [3.8, 4) is 0 Å². The molecule has 0 aliphatic heterocycles. The van der Waals surface area contributed by atoms with Gasteiger partial charge in [-0.2, -0.15) is 5.10 Å². The molecule has 0 saturated carbocycles. The first-order valence-electron chi connectivity index (χ1n) is 5.82. The monoisotopic (exact) mass is 294 g/mol. The minimum atomic E-state index is -3.79. The molecule has 0 N–H and O–H groups in total. The van der Waals surface area contributed by atoms with E-state index in [4.69, 9.17) is 15.4 Å². The number of ether oxygens (including phenoxy) is 1. The summed E-state index contributed by atoms with van der Waals surface area (Å²) in [7, 11) is 1.60. The summed E-state index contributed by atoms with van der Waals surface area (Å²) in [5, 5.41) is 4.20. The zero-order valence-corrected chi connectivity index (χ0v) is 12.6. The molecule has 1 rings (SSSR count). The van der Waals surface area contributed by atoms with E-state index in [-0.39, 0.29) is 17.5 Å². The molecule has 5 nitrogen and oxygen atoms in total. The van der Waals surface area contributed by atoms with Crippen LogP contribution in [0.5, 0.6) is 0 Å². The summed E-state index contributed by atoms with van der Waals surface area (Å²) in [6.07, 6.45) is 1.45. The lowest BCUT2D eigenvalue weighted by Gasteiger charge is -2.06. The van der Waals surface area contributed by atoms with E-state index >= 15 is 0 Å². The van der Waals surface area contributed by atoms with E-state index in [0.717, 1.165) is 0 Å². The summed E-state index contributed by atoms with van der Waals surface area (Å²) < 4.78 is 29.9. The van der Waals surface area contributed by atoms with Gasteiger partial charge in [-0.05, 0) is 19.8 Å². The first kappa shape index (κ1) is 15.5. The van der Waals surface area contributed by atoms with Crippen LogP contribution < -0.4 is 0 Å². The Hall–Kier alpha value is -0.590. The molecule has 0 aliphatic carbocycles. The summed E-state index contributed by atoms with van der Waals surface area (Å²) in [5.74, 6) is 0.383. The Morgan fingerprint density at radius 3 is 2.44 bits per heavy atom. The van der Waals surface area contributed by atoms with Gasteiger partial charge >= 0.3 is 0 Å². The Morgan fingerprint density at radius 1 is 1.39 bits per heavy atom. The average molecular weight is 295 g/mol. The van der Waals surface area contributed by atoms with Crippen molar-refractivity contribution in [2.75, 3.05) is 6.61 Å². The first-order chi connectivity index (χ1) is 8.21. The number of aromatic nitrogens is 2. The predicted molar refractivity (Wildman–Crippen MR) is 70.1 cm³/mol. The molecule has 7 heteroatoms. The summed E-state index contributed by atoms with van der Waals surface area (Å²) in [4.78, 5) is 0.0293. The Bertz CT molecular complexity index is 494. The zero-order valence-electron chi connectivity index (χ0n) is 11.1. The van der Waals surface area contributed by atoms with E-state index in [2.05, 4.69) is 5.10 Å². The van der Waals surface area contributed by atoms with Crippen molar-refractivity contribution in [2.45, 2.75) is 45.2 Å². The van der Waals surface area contributed by atoms with Crippen molar-refractivity contribution < 1.29 is 13.2 Å². The maximum atomic E-state index is 11.4. The van der Waals surface area contributed by atoms with Crippen LogP contribution >= 0.6 is 10.7 Å². The van der Waals surface area contributed by atoms with E-state index in [9.17, 15) is 8.42 Å². The molecular formula is C11H19ClN2O3S. The molecule has 0 radical (unpaired) electrons. The van der Waals surface area contributed by atoms with Crippen LogP contribution in [0.15, 0.2) is 11.1 Å². The Kier molecular flexibility index (Phi) is 5.19. The van der Waals surface area contributed by atoms with E-state index in [1.807, 2.05) is 27.7 Å². The number of hydrogen-bond donors (Lipinski definition) is 0. The van der Waals surface area contributed by atoms with Crippen LogP contribution in [0.2, 0.25) is 0 Å². The number of halogens is 1. The maximum absolute atomic E-state index is 11.4. The molecule has 0 unspecified atom stereocenters. The SMILES string of the molecule is CC(C)COCc1nn(C(C)C)cc1S(=O)(=O)Cl. The second-order valence-corrected chi connectivity index (χ2v) is 7.39. The molecule has 0 bridgehead atoms. The van der Waals surface area contributed by atoms with Gasteiger partial charge in [0.05, 0.1) is 6.61 Å². The lowest BCUT2D eigenvalue weighted by atomic mass is 10.2. The van der Waals surface area contributed by atoms with Crippen molar-refractivity contribution in [2.24, 2.45) is 5.92 Å². The third-order valence-corrected chi connectivity index (χ3v) is 3.62. The number of nitrogens with zero attached hydrogens (tertiary/aromatic N) is 2. The minimum Gasteiger partial charge on any atom is -0.375 e. The maximum Gasteiger partial charge on any atom is 0.264 e. The second-order valence-electron chi connectivity index (χ2n) is 4.86. The van der Waals surface area contributed by atoms with Gasteiger partial charge in [-0.3, -0.25) is 4.68 Å². The van der Waals surface area contributed by atoms with Crippen molar-refractivity contribution in [1.82, 2.24) is 9.78 Å². The Balaban J connectivity index is 2.94. The van der Waals surface area contributed by atoms with Gasteiger partial charge in [-0.15, -0.1) is 0 Å². The van der Waals surface area contributed by atoms with Crippen molar-refractivity contribution in [3.63, 3.8) is 0 Å². The summed E-state index contributed by atoms with van der Waals surface area (Å²) >= 11 is 0. The molecule has 1 aromatic rings. The van der Waals surface area contributed by atoms with Crippen LogP contribution in [0.3, 0.4) is 0 Å². The normalized spacial score (nSPS) is 12.6. The molecule has 0 amide bonds. The molecule has 0 aliphatic rings. The first-order valence-corrected chi connectivity index (χ1v) is 8.13. The van der Waals surface area contributed by atoms with Gasteiger partial charge in [0.15, 0.2) is 0 Å². The molecular weight excluding hydrogens is 276 g/mol. The van der Waals surface area contributed by atoms with Crippen molar-refractivity contribution in [1.29, 1.82) is 0 Å². The lowest BCUT2D eigenvalue weighted by molar-refractivity contribution is 0.0929. The van der Waals surface area contributed by atoms with Gasteiger partial charge in [-0.1, -0.05) is 13.8 Å². The molecule has 0 fully saturated rings. The number of rotatable bonds is 6. The lowest BCUT2D eigenvalue weighted by Crippen LogP contribution is -2.05.